The molecule has 0 radical (unpaired) electrons. The van der Waals surface area contributed by atoms with Gasteiger partial charge in [0.1, 0.15) is 13.1 Å². The maximum absolute atomic E-state index is 11.3. The maximum atomic E-state index is 11.3. The van der Waals surface area contributed by atoms with E-state index < -0.39 is 0 Å². The zero-order valence-corrected chi connectivity index (χ0v) is 9.47. The zero-order chi connectivity index (χ0) is 12.8. The summed E-state index contributed by atoms with van der Waals surface area (Å²) in [5.74, 6) is -0.141. The van der Waals surface area contributed by atoms with Crippen molar-refractivity contribution in [1.82, 2.24) is 0 Å². The molecule has 0 aliphatic rings. The monoisotopic (exact) mass is 228 g/mol. The Labute approximate surface area is 99.7 Å². The van der Waals surface area contributed by atoms with E-state index in [0.29, 0.717) is 16.9 Å². The van der Waals surface area contributed by atoms with Crippen molar-refractivity contribution in [2.75, 3.05) is 23.7 Å². The number of nitrogen functional groups attached to an aromatic ring is 1. The van der Waals surface area contributed by atoms with Crippen molar-refractivity contribution in [3.63, 3.8) is 0 Å². The lowest BCUT2D eigenvalue weighted by atomic mass is 10.1. The fraction of sp³-hybridized carbons (Fsp3) is 0.250. The van der Waals surface area contributed by atoms with Crippen molar-refractivity contribution in [3.8, 4) is 12.1 Å². The van der Waals surface area contributed by atoms with Gasteiger partial charge in [-0.1, -0.05) is 0 Å². The van der Waals surface area contributed by atoms with Crippen LogP contribution >= 0.6 is 0 Å². The van der Waals surface area contributed by atoms with Gasteiger partial charge >= 0.3 is 0 Å². The smallest absolute Gasteiger partial charge is 0.161 e. The number of hydrogen-bond acceptors (Lipinski definition) is 5. The number of Topliss-reactive ketones (excluding diaryl/α,β-unsaturated/α-hetero) is 1. The molecule has 1 rings (SSSR count). The third-order valence-electron chi connectivity index (χ3n) is 2.30. The predicted octanol–water partition coefficient (Wildman–Crippen LogP) is 1.32. The Kier molecular flexibility index (Phi) is 4.08. The van der Waals surface area contributed by atoms with Crippen LogP contribution in [0.2, 0.25) is 0 Å². The Bertz CT molecular complexity index is 494. The van der Waals surface area contributed by atoms with Gasteiger partial charge in [0.25, 0.3) is 0 Å². The van der Waals surface area contributed by atoms with Crippen molar-refractivity contribution in [2.24, 2.45) is 0 Å². The SMILES string of the molecule is CC(=O)c1cc(N(CC#N)CC#N)ccc1N. The topological polar surface area (TPSA) is 93.9 Å². The van der Waals surface area contributed by atoms with Gasteiger partial charge in [0.05, 0.1) is 12.1 Å². The number of hydrogen-bond donors (Lipinski definition) is 1. The van der Waals surface area contributed by atoms with Crippen LogP contribution in [0.1, 0.15) is 17.3 Å². The average Bonchev–Trinajstić information content (AvgIpc) is 2.29. The number of nitriles is 2. The highest BCUT2D eigenvalue weighted by Gasteiger charge is 2.10. The highest BCUT2D eigenvalue weighted by atomic mass is 16.1. The first-order chi connectivity index (χ1) is 8.10. The van der Waals surface area contributed by atoms with E-state index in [-0.39, 0.29) is 18.9 Å². The molecule has 2 N–H and O–H groups in total. The van der Waals surface area contributed by atoms with Crippen molar-refractivity contribution in [2.45, 2.75) is 6.92 Å². The molecule has 5 heteroatoms. The Morgan fingerprint density at radius 2 is 1.94 bits per heavy atom. The third-order valence-corrected chi connectivity index (χ3v) is 2.30. The van der Waals surface area contributed by atoms with E-state index in [0.717, 1.165) is 0 Å². The van der Waals surface area contributed by atoms with E-state index >= 15 is 0 Å². The van der Waals surface area contributed by atoms with Gasteiger partial charge in [-0.25, -0.2) is 0 Å². The lowest BCUT2D eigenvalue weighted by Gasteiger charge is -2.19. The minimum absolute atomic E-state index is 0.0921. The quantitative estimate of drug-likeness (QED) is 0.476. The van der Waals surface area contributed by atoms with E-state index in [1.807, 2.05) is 12.1 Å². The summed E-state index contributed by atoms with van der Waals surface area (Å²) in [6.07, 6.45) is 0. The molecule has 0 heterocycles. The molecular formula is C12H12N4O. The molecule has 1 aromatic carbocycles. The molecule has 0 saturated carbocycles. The van der Waals surface area contributed by atoms with Crippen LogP contribution in [0, 0.1) is 22.7 Å². The second kappa shape index (κ2) is 5.53. The number of carbonyl (C=O) groups excluding carboxylic acids is 1. The summed E-state index contributed by atoms with van der Waals surface area (Å²) in [7, 11) is 0. The van der Waals surface area contributed by atoms with Crippen LogP contribution in [-0.2, 0) is 0 Å². The van der Waals surface area contributed by atoms with Crippen molar-refractivity contribution in [1.29, 1.82) is 10.5 Å². The Morgan fingerprint density at radius 3 is 2.41 bits per heavy atom. The van der Waals surface area contributed by atoms with E-state index in [1.54, 1.807) is 23.1 Å². The van der Waals surface area contributed by atoms with Gasteiger partial charge in [-0.3, -0.25) is 4.79 Å². The third kappa shape index (κ3) is 2.96. The highest BCUT2D eigenvalue weighted by molar-refractivity contribution is 6.00. The Morgan fingerprint density at radius 1 is 1.35 bits per heavy atom. The Balaban J connectivity index is 3.13. The van der Waals surface area contributed by atoms with Crippen LogP contribution in [0.3, 0.4) is 0 Å². The molecule has 0 unspecified atom stereocenters. The zero-order valence-electron chi connectivity index (χ0n) is 9.47. The van der Waals surface area contributed by atoms with Gasteiger partial charge in [-0.05, 0) is 25.1 Å². The van der Waals surface area contributed by atoms with E-state index in [2.05, 4.69) is 0 Å². The van der Waals surface area contributed by atoms with Gasteiger partial charge < -0.3 is 10.6 Å². The average molecular weight is 228 g/mol. The fourth-order valence-corrected chi connectivity index (χ4v) is 1.46. The minimum Gasteiger partial charge on any atom is -0.398 e. The summed E-state index contributed by atoms with van der Waals surface area (Å²) in [6, 6.07) is 8.85. The number of ketones is 1. The molecule has 86 valence electrons. The fourth-order valence-electron chi connectivity index (χ4n) is 1.46. The van der Waals surface area contributed by atoms with Crippen molar-refractivity contribution >= 4 is 17.2 Å². The molecule has 0 aromatic heterocycles. The summed E-state index contributed by atoms with van der Waals surface area (Å²) in [5.41, 5.74) is 7.12. The van der Waals surface area contributed by atoms with E-state index in [9.17, 15) is 4.79 Å². The minimum atomic E-state index is -0.141. The molecule has 0 spiro atoms. The van der Waals surface area contributed by atoms with Gasteiger partial charge in [0.2, 0.25) is 0 Å². The number of benzene rings is 1. The largest absolute Gasteiger partial charge is 0.398 e. The van der Waals surface area contributed by atoms with Crippen molar-refractivity contribution < 1.29 is 4.79 Å². The van der Waals surface area contributed by atoms with Crippen LogP contribution in [0.25, 0.3) is 0 Å². The number of rotatable bonds is 4. The van der Waals surface area contributed by atoms with Gasteiger partial charge in [-0.15, -0.1) is 0 Å². The molecule has 0 aliphatic heterocycles. The lowest BCUT2D eigenvalue weighted by molar-refractivity contribution is 0.101. The molecule has 0 bridgehead atoms. The summed E-state index contributed by atoms with van der Waals surface area (Å²) < 4.78 is 0. The van der Waals surface area contributed by atoms with Gasteiger partial charge in [-0.2, -0.15) is 10.5 Å². The molecule has 5 nitrogen and oxygen atoms in total. The van der Waals surface area contributed by atoms with Crippen LogP contribution in [0.4, 0.5) is 11.4 Å². The van der Waals surface area contributed by atoms with Crippen LogP contribution < -0.4 is 10.6 Å². The van der Waals surface area contributed by atoms with Crippen molar-refractivity contribution in [3.05, 3.63) is 23.8 Å². The first-order valence-corrected chi connectivity index (χ1v) is 4.99. The molecule has 0 fully saturated rings. The molecule has 17 heavy (non-hydrogen) atoms. The number of anilines is 2. The first kappa shape index (κ1) is 12.5. The van der Waals surface area contributed by atoms with Crippen LogP contribution in [0.15, 0.2) is 18.2 Å². The number of carbonyl (C=O) groups is 1. The van der Waals surface area contributed by atoms with E-state index in [1.165, 1.54) is 6.92 Å². The standard InChI is InChI=1S/C12H12N4O/c1-9(17)11-8-10(2-3-12(11)15)16(6-4-13)7-5-14/h2-3,8H,6-7,15H2,1H3. The summed E-state index contributed by atoms with van der Waals surface area (Å²) in [6.45, 7) is 1.61. The first-order valence-electron chi connectivity index (χ1n) is 4.99. The normalized spacial score (nSPS) is 9.12. The highest BCUT2D eigenvalue weighted by Crippen LogP contribution is 2.21. The second-order valence-corrected chi connectivity index (χ2v) is 3.50. The second-order valence-electron chi connectivity index (χ2n) is 3.50. The molecule has 0 aliphatic carbocycles. The number of nitrogens with zero attached hydrogens (tertiary/aromatic N) is 3. The molecular weight excluding hydrogens is 216 g/mol. The summed E-state index contributed by atoms with van der Waals surface area (Å²) in [5, 5.41) is 17.3. The van der Waals surface area contributed by atoms with Crippen LogP contribution in [0.5, 0.6) is 0 Å². The van der Waals surface area contributed by atoms with Gasteiger partial charge in [0, 0.05) is 16.9 Å². The summed E-state index contributed by atoms with van der Waals surface area (Å²) in [4.78, 5) is 12.9. The van der Waals surface area contributed by atoms with Gasteiger partial charge in [0.15, 0.2) is 5.78 Å². The molecule has 0 atom stereocenters. The molecule has 0 saturated heterocycles. The number of nitrogens with two attached hydrogens (primary N) is 1. The molecule has 1 aromatic rings. The Hall–Kier alpha value is -2.53. The molecule has 0 amide bonds. The lowest BCUT2D eigenvalue weighted by Crippen LogP contribution is -2.24. The predicted molar refractivity (Wildman–Crippen MR) is 64.3 cm³/mol. The van der Waals surface area contributed by atoms with E-state index in [4.69, 9.17) is 16.3 Å². The van der Waals surface area contributed by atoms with Crippen LogP contribution in [-0.4, -0.2) is 18.9 Å². The summed E-state index contributed by atoms with van der Waals surface area (Å²) >= 11 is 0. The maximum Gasteiger partial charge on any atom is 0.161 e.